The van der Waals surface area contributed by atoms with Crippen molar-refractivity contribution in [1.82, 2.24) is 4.90 Å². The van der Waals surface area contributed by atoms with Crippen LogP contribution in [0.2, 0.25) is 10.0 Å². The fourth-order valence-electron chi connectivity index (χ4n) is 5.60. The summed E-state index contributed by atoms with van der Waals surface area (Å²) in [6.07, 6.45) is -6.82. The van der Waals surface area contributed by atoms with E-state index in [1.807, 2.05) is 30.3 Å². The SMILES string of the molecule is OC/C=C(\COCc1cc(C(F)(F)F)cc(C(F)(F)F)c1)C(CCN1CCC(O)(c2ccccc2)CC1)c1ccc(Cl)c(Cl)c1. The van der Waals surface area contributed by atoms with Gasteiger partial charge in [0.15, 0.2) is 0 Å². The van der Waals surface area contributed by atoms with E-state index in [2.05, 4.69) is 4.90 Å². The van der Waals surface area contributed by atoms with Crippen LogP contribution in [0.3, 0.4) is 0 Å². The first kappa shape index (κ1) is 35.3. The lowest BCUT2D eigenvalue weighted by Gasteiger charge is -2.39. The molecule has 4 rings (SSSR count). The summed E-state index contributed by atoms with van der Waals surface area (Å²) in [5, 5.41) is 21.7. The number of likely N-dealkylation sites (tertiary alicyclic amines) is 1. The van der Waals surface area contributed by atoms with Crippen LogP contribution in [-0.4, -0.2) is 48.0 Å². The van der Waals surface area contributed by atoms with Crippen LogP contribution in [0.1, 0.15) is 53.0 Å². The molecule has 1 aliphatic rings. The van der Waals surface area contributed by atoms with E-state index in [1.165, 1.54) is 6.08 Å². The molecule has 0 spiro atoms. The number of alkyl halides is 6. The van der Waals surface area contributed by atoms with Crippen molar-refractivity contribution in [3.8, 4) is 0 Å². The Bertz CT molecular complexity index is 1420. The van der Waals surface area contributed by atoms with Crippen molar-refractivity contribution in [3.63, 3.8) is 0 Å². The van der Waals surface area contributed by atoms with Gasteiger partial charge in [-0.3, -0.25) is 0 Å². The monoisotopic (exact) mass is 675 g/mol. The molecule has 1 heterocycles. The third kappa shape index (κ3) is 9.47. The molecule has 0 aromatic heterocycles. The van der Waals surface area contributed by atoms with Gasteiger partial charge in [-0.05, 0) is 78.4 Å². The van der Waals surface area contributed by atoms with E-state index in [0.717, 1.165) is 11.1 Å². The average molecular weight is 677 g/mol. The van der Waals surface area contributed by atoms with Crippen molar-refractivity contribution >= 4 is 23.2 Å². The smallest absolute Gasteiger partial charge is 0.392 e. The van der Waals surface area contributed by atoms with Crippen molar-refractivity contribution in [2.24, 2.45) is 0 Å². The highest BCUT2D eigenvalue weighted by Crippen LogP contribution is 2.38. The number of nitrogens with zero attached hydrogens (tertiary/aromatic N) is 1. The van der Waals surface area contributed by atoms with E-state index in [1.54, 1.807) is 18.2 Å². The fraction of sp³-hybridized carbons (Fsp3) is 0.394. The molecular formula is C33H33Cl2F6NO3. The van der Waals surface area contributed by atoms with Gasteiger partial charge in [0.2, 0.25) is 0 Å². The largest absolute Gasteiger partial charge is 0.416 e. The number of hydrogen-bond acceptors (Lipinski definition) is 4. The Balaban J connectivity index is 1.50. The Kier molecular flexibility index (Phi) is 11.7. The molecule has 0 bridgehead atoms. The third-order valence-electron chi connectivity index (χ3n) is 8.06. The highest BCUT2D eigenvalue weighted by Gasteiger charge is 2.37. The second-order valence-corrected chi connectivity index (χ2v) is 11.9. The van der Waals surface area contributed by atoms with Gasteiger partial charge in [-0.1, -0.05) is 65.7 Å². The summed E-state index contributed by atoms with van der Waals surface area (Å²) in [7, 11) is 0. The number of rotatable bonds is 11. The van der Waals surface area contributed by atoms with Gasteiger partial charge in [0.25, 0.3) is 0 Å². The molecule has 2 N–H and O–H groups in total. The highest BCUT2D eigenvalue weighted by molar-refractivity contribution is 6.42. The zero-order valence-electron chi connectivity index (χ0n) is 24.1. The van der Waals surface area contributed by atoms with Crippen molar-refractivity contribution < 1.29 is 41.3 Å². The van der Waals surface area contributed by atoms with Gasteiger partial charge in [-0.25, -0.2) is 0 Å². The number of aliphatic hydroxyl groups excluding tert-OH is 1. The minimum Gasteiger partial charge on any atom is -0.392 e. The van der Waals surface area contributed by atoms with Gasteiger partial charge >= 0.3 is 12.4 Å². The quantitative estimate of drug-likeness (QED) is 0.158. The lowest BCUT2D eigenvalue weighted by atomic mass is 9.84. The maximum absolute atomic E-state index is 13.3. The normalized spacial score (nSPS) is 17.0. The molecule has 1 atom stereocenters. The number of hydrogen-bond donors (Lipinski definition) is 2. The molecule has 12 heteroatoms. The van der Waals surface area contributed by atoms with Crippen LogP contribution in [0.25, 0.3) is 0 Å². The van der Waals surface area contributed by atoms with E-state index in [9.17, 15) is 36.6 Å². The maximum Gasteiger partial charge on any atom is 0.416 e. The first-order valence-electron chi connectivity index (χ1n) is 14.3. The Morgan fingerprint density at radius 2 is 1.51 bits per heavy atom. The number of benzene rings is 3. The second-order valence-electron chi connectivity index (χ2n) is 11.1. The van der Waals surface area contributed by atoms with Crippen molar-refractivity contribution in [2.75, 3.05) is 32.8 Å². The van der Waals surface area contributed by atoms with E-state index in [0.29, 0.717) is 66.6 Å². The second kappa shape index (κ2) is 14.9. The van der Waals surface area contributed by atoms with Gasteiger partial charge in [-0.15, -0.1) is 0 Å². The van der Waals surface area contributed by atoms with Crippen molar-refractivity contribution in [3.05, 3.63) is 116 Å². The first-order chi connectivity index (χ1) is 21.2. The summed E-state index contributed by atoms with van der Waals surface area (Å²) in [5.74, 6) is -0.367. The number of piperidine rings is 1. The zero-order valence-corrected chi connectivity index (χ0v) is 25.7. The summed E-state index contributed by atoms with van der Waals surface area (Å²) >= 11 is 12.5. The Labute approximate surface area is 267 Å². The van der Waals surface area contributed by atoms with Crippen LogP contribution < -0.4 is 0 Å². The van der Waals surface area contributed by atoms with E-state index >= 15 is 0 Å². The molecule has 3 aromatic carbocycles. The van der Waals surface area contributed by atoms with E-state index in [4.69, 9.17) is 27.9 Å². The van der Waals surface area contributed by atoms with E-state index < -0.39 is 35.7 Å². The minimum absolute atomic E-state index is 0.0716. The molecule has 3 aromatic rings. The van der Waals surface area contributed by atoms with Gasteiger partial charge in [-0.2, -0.15) is 26.3 Å². The van der Waals surface area contributed by atoms with Crippen LogP contribution in [0.15, 0.2) is 78.4 Å². The third-order valence-corrected chi connectivity index (χ3v) is 8.80. The number of halogens is 8. The van der Waals surface area contributed by atoms with Gasteiger partial charge < -0.3 is 19.8 Å². The van der Waals surface area contributed by atoms with Crippen LogP contribution in [0, 0.1) is 0 Å². The molecule has 1 unspecified atom stereocenters. The lowest BCUT2D eigenvalue weighted by molar-refractivity contribution is -0.143. The Hall–Kier alpha value is -2.60. The predicted octanol–water partition coefficient (Wildman–Crippen LogP) is 8.62. The lowest BCUT2D eigenvalue weighted by Crippen LogP contribution is -2.43. The van der Waals surface area contributed by atoms with Gasteiger partial charge in [0.05, 0.1) is 46.6 Å². The molecule has 0 saturated carbocycles. The standard InChI is InChI=1S/C33H33Cl2F6NO3/c34-29-7-6-23(18-30(29)35)28(8-12-42-13-10-31(44,11-14-42)25-4-2-1-3-5-25)24(9-15-43)21-45-20-22-16-26(32(36,37)38)19-27(17-22)33(39,40)41/h1-7,9,16-19,28,43-44H,8,10-15,20-21H2/b24-9+. The highest BCUT2D eigenvalue weighted by atomic mass is 35.5. The molecule has 1 fully saturated rings. The van der Waals surface area contributed by atoms with Gasteiger partial charge in [0.1, 0.15) is 0 Å². The summed E-state index contributed by atoms with van der Waals surface area (Å²) in [4.78, 5) is 2.21. The molecule has 0 amide bonds. The van der Waals surface area contributed by atoms with Crippen LogP contribution in [0.5, 0.6) is 0 Å². The summed E-state index contributed by atoms with van der Waals surface area (Å²) in [6, 6.07) is 15.9. The molecule has 1 aliphatic heterocycles. The molecule has 0 radical (unpaired) electrons. The van der Waals surface area contributed by atoms with Crippen molar-refractivity contribution in [2.45, 2.75) is 49.7 Å². The van der Waals surface area contributed by atoms with Crippen LogP contribution in [0.4, 0.5) is 26.3 Å². The maximum atomic E-state index is 13.3. The summed E-state index contributed by atoms with van der Waals surface area (Å²) in [6.45, 7) is 0.802. The number of ether oxygens (including phenoxy) is 1. The molecule has 0 aliphatic carbocycles. The molecule has 1 saturated heterocycles. The zero-order chi connectivity index (χ0) is 32.8. The van der Waals surface area contributed by atoms with Gasteiger partial charge in [0, 0.05) is 19.0 Å². The molecule has 45 heavy (non-hydrogen) atoms. The fourth-order valence-corrected chi connectivity index (χ4v) is 5.91. The van der Waals surface area contributed by atoms with E-state index in [-0.39, 0.29) is 30.8 Å². The predicted molar refractivity (Wildman–Crippen MR) is 161 cm³/mol. The molecule has 4 nitrogen and oxygen atoms in total. The molecular weight excluding hydrogens is 643 g/mol. The Morgan fingerprint density at radius 3 is 2.07 bits per heavy atom. The summed E-state index contributed by atoms with van der Waals surface area (Å²) < 4.78 is 85.6. The first-order valence-corrected chi connectivity index (χ1v) is 15.1. The average Bonchev–Trinajstić information content (AvgIpc) is 2.99. The van der Waals surface area contributed by atoms with Crippen molar-refractivity contribution in [1.29, 1.82) is 0 Å². The summed E-state index contributed by atoms with van der Waals surface area (Å²) in [5.41, 5.74) is -1.85. The molecule has 244 valence electrons. The minimum atomic E-state index is -4.97. The van der Waals surface area contributed by atoms with Crippen LogP contribution in [-0.2, 0) is 29.3 Å². The number of aliphatic hydroxyl groups is 2. The topological polar surface area (TPSA) is 52.9 Å². The van der Waals surface area contributed by atoms with Crippen LogP contribution >= 0.6 is 23.2 Å². The Morgan fingerprint density at radius 1 is 0.889 bits per heavy atom.